The zero-order valence-electron chi connectivity index (χ0n) is 15.7. The molecular formula is C22H28O3. The van der Waals surface area contributed by atoms with E-state index in [1.807, 2.05) is 36.4 Å². The van der Waals surface area contributed by atoms with Crippen LogP contribution in [0.25, 0.3) is 0 Å². The molecule has 0 aliphatic rings. The third-order valence-electron chi connectivity index (χ3n) is 4.45. The van der Waals surface area contributed by atoms with Gasteiger partial charge in [-0.15, -0.1) is 0 Å². The van der Waals surface area contributed by atoms with Gasteiger partial charge in [0.15, 0.2) is 0 Å². The first-order valence-corrected chi connectivity index (χ1v) is 9.25. The fourth-order valence-electron chi connectivity index (χ4n) is 3.25. The van der Waals surface area contributed by atoms with Crippen molar-refractivity contribution in [2.75, 3.05) is 0 Å². The number of rotatable bonds is 7. The normalized spacial score (nSPS) is 10.6. The Bertz CT molecular complexity index is 719. The van der Waals surface area contributed by atoms with Crippen LogP contribution in [0, 0.1) is 0 Å². The summed E-state index contributed by atoms with van der Waals surface area (Å²) in [7, 11) is 0. The van der Waals surface area contributed by atoms with Crippen molar-refractivity contribution in [3.05, 3.63) is 58.7 Å². The van der Waals surface area contributed by atoms with Gasteiger partial charge in [0, 0.05) is 0 Å². The summed E-state index contributed by atoms with van der Waals surface area (Å²) in [6, 6.07) is 11.5. The standard InChI is InChI=1S/C22H28O3/c1-5-11-17-12-9-10-13-20(17)24-22(23)25-21-15-14-16(6-2)18(7-3)19(21)8-4/h9-10,12-15H,5-8,11H2,1-4H3. The maximum atomic E-state index is 12.3. The molecule has 25 heavy (non-hydrogen) atoms. The second-order valence-corrected chi connectivity index (χ2v) is 6.05. The fraction of sp³-hybridized carbons (Fsp3) is 0.409. The zero-order valence-corrected chi connectivity index (χ0v) is 15.7. The van der Waals surface area contributed by atoms with Crippen LogP contribution >= 0.6 is 0 Å². The van der Waals surface area contributed by atoms with E-state index < -0.39 is 6.16 Å². The van der Waals surface area contributed by atoms with E-state index in [-0.39, 0.29) is 0 Å². The molecule has 2 aromatic rings. The average molecular weight is 340 g/mol. The number of carbonyl (C=O) groups excluding carboxylic acids is 1. The first kappa shape index (κ1) is 19.0. The lowest BCUT2D eigenvalue weighted by molar-refractivity contribution is 0.151. The van der Waals surface area contributed by atoms with Gasteiger partial charge < -0.3 is 9.47 Å². The van der Waals surface area contributed by atoms with Gasteiger partial charge in [0.25, 0.3) is 0 Å². The van der Waals surface area contributed by atoms with Crippen molar-refractivity contribution in [1.82, 2.24) is 0 Å². The van der Waals surface area contributed by atoms with E-state index in [1.54, 1.807) is 0 Å². The van der Waals surface area contributed by atoms with Crippen molar-refractivity contribution >= 4 is 6.16 Å². The van der Waals surface area contributed by atoms with Crippen LogP contribution in [0.3, 0.4) is 0 Å². The minimum atomic E-state index is -0.676. The molecule has 0 saturated heterocycles. The molecule has 0 radical (unpaired) electrons. The SMILES string of the molecule is CCCc1ccccc1OC(=O)Oc1ccc(CC)c(CC)c1CC. The Kier molecular flexibility index (Phi) is 7.05. The minimum absolute atomic E-state index is 0.577. The molecule has 0 fully saturated rings. The number of ether oxygens (including phenoxy) is 2. The van der Waals surface area contributed by atoms with Crippen LogP contribution in [0.1, 0.15) is 56.4 Å². The molecule has 3 heteroatoms. The molecule has 0 aliphatic carbocycles. The Labute approximate surface area is 151 Å². The lowest BCUT2D eigenvalue weighted by Gasteiger charge is -2.16. The van der Waals surface area contributed by atoms with E-state index in [1.165, 1.54) is 11.1 Å². The molecule has 0 unspecified atom stereocenters. The Morgan fingerprint density at radius 3 is 2.08 bits per heavy atom. The van der Waals surface area contributed by atoms with E-state index in [9.17, 15) is 4.79 Å². The summed E-state index contributed by atoms with van der Waals surface area (Å²) in [4.78, 5) is 12.3. The van der Waals surface area contributed by atoms with E-state index >= 15 is 0 Å². The molecule has 0 amide bonds. The second-order valence-electron chi connectivity index (χ2n) is 6.05. The zero-order chi connectivity index (χ0) is 18.2. The monoisotopic (exact) mass is 340 g/mol. The van der Waals surface area contributed by atoms with Gasteiger partial charge in [0.05, 0.1) is 0 Å². The number of hydrogen-bond donors (Lipinski definition) is 0. The van der Waals surface area contributed by atoms with E-state index in [0.29, 0.717) is 11.5 Å². The van der Waals surface area contributed by atoms with Gasteiger partial charge in [-0.1, -0.05) is 58.4 Å². The van der Waals surface area contributed by atoms with Gasteiger partial charge >= 0.3 is 6.16 Å². The molecule has 0 heterocycles. The second kappa shape index (κ2) is 9.26. The first-order valence-electron chi connectivity index (χ1n) is 9.25. The van der Waals surface area contributed by atoms with Crippen molar-refractivity contribution < 1.29 is 14.3 Å². The Morgan fingerprint density at radius 1 is 0.760 bits per heavy atom. The Hall–Kier alpha value is -2.29. The van der Waals surface area contributed by atoms with Gasteiger partial charge in [-0.25, -0.2) is 4.79 Å². The Balaban J connectivity index is 2.21. The van der Waals surface area contributed by atoms with Crippen molar-refractivity contribution in [3.8, 4) is 11.5 Å². The van der Waals surface area contributed by atoms with Crippen LogP contribution in [-0.4, -0.2) is 6.16 Å². The summed E-state index contributed by atoms with van der Waals surface area (Å²) in [5, 5.41) is 0. The number of para-hydroxylation sites is 1. The molecule has 0 atom stereocenters. The topological polar surface area (TPSA) is 35.5 Å². The van der Waals surface area contributed by atoms with Crippen LogP contribution in [-0.2, 0) is 25.7 Å². The smallest absolute Gasteiger partial charge is 0.394 e. The quantitative estimate of drug-likeness (QED) is 0.465. The van der Waals surface area contributed by atoms with E-state index in [0.717, 1.165) is 43.2 Å². The molecule has 0 bridgehead atoms. The van der Waals surface area contributed by atoms with Gasteiger partial charge in [0.2, 0.25) is 0 Å². The molecular weight excluding hydrogens is 312 g/mol. The molecule has 2 aromatic carbocycles. The van der Waals surface area contributed by atoms with Gasteiger partial charge in [-0.05, 0) is 60.1 Å². The van der Waals surface area contributed by atoms with E-state index in [2.05, 4.69) is 27.7 Å². The summed E-state index contributed by atoms with van der Waals surface area (Å²) in [6.45, 7) is 8.47. The molecule has 134 valence electrons. The molecule has 2 rings (SSSR count). The summed E-state index contributed by atoms with van der Waals surface area (Å²) < 4.78 is 11.0. The largest absolute Gasteiger partial charge is 0.519 e. The van der Waals surface area contributed by atoms with Crippen molar-refractivity contribution in [1.29, 1.82) is 0 Å². The highest BCUT2D eigenvalue weighted by atomic mass is 16.7. The van der Waals surface area contributed by atoms with Crippen LogP contribution in [0.5, 0.6) is 11.5 Å². The fourth-order valence-corrected chi connectivity index (χ4v) is 3.25. The first-order chi connectivity index (χ1) is 12.1. The van der Waals surface area contributed by atoms with Crippen LogP contribution in [0.15, 0.2) is 36.4 Å². The maximum absolute atomic E-state index is 12.3. The summed E-state index contributed by atoms with van der Waals surface area (Å²) in [5.41, 5.74) is 4.71. The highest BCUT2D eigenvalue weighted by Crippen LogP contribution is 2.28. The molecule has 0 aromatic heterocycles. The molecule has 3 nitrogen and oxygen atoms in total. The molecule has 0 N–H and O–H groups in total. The average Bonchev–Trinajstić information content (AvgIpc) is 2.63. The van der Waals surface area contributed by atoms with Crippen molar-refractivity contribution in [2.24, 2.45) is 0 Å². The Morgan fingerprint density at radius 2 is 1.44 bits per heavy atom. The van der Waals surface area contributed by atoms with Crippen molar-refractivity contribution in [3.63, 3.8) is 0 Å². The van der Waals surface area contributed by atoms with Crippen molar-refractivity contribution in [2.45, 2.75) is 59.8 Å². The highest BCUT2D eigenvalue weighted by molar-refractivity contribution is 5.68. The summed E-state index contributed by atoms with van der Waals surface area (Å²) in [6.07, 6.45) is 3.92. The third-order valence-corrected chi connectivity index (χ3v) is 4.45. The third kappa shape index (κ3) is 4.62. The lowest BCUT2D eigenvalue weighted by Crippen LogP contribution is -2.16. The van der Waals surface area contributed by atoms with Gasteiger partial charge in [-0.3, -0.25) is 0 Å². The van der Waals surface area contributed by atoms with Gasteiger partial charge in [0.1, 0.15) is 11.5 Å². The number of benzene rings is 2. The molecule has 0 aliphatic heterocycles. The van der Waals surface area contributed by atoms with Gasteiger partial charge in [-0.2, -0.15) is 0 Å². The predicted octanol–water partition coefficient (Wildman–Crippen LogP) is 5.90. The minimum Gasteiger partial charge on any atom is -0.394 e. The van der Waals surface area contributed by atoms with Crippen LogP contribution in [0.2, 0.25) is 0 Å². The van der Waals surface area contributed by atoms with Crippen LogP contribution in [0.4, 0.5) is 4.79 Å². The molecule has 0 saturated carbocycles. The predicted molar refractivity (Wildman–Crippen MR) is 102 cm³/mol. The van der Waals surface area contributed by atoms with Crippen LogP contribution < -0.4 is 9.47 Å². The highest BCUT2D eigenvalue weighted by Gasteiger charge is 2.16. The lowest BCUT2D eigenvalue weighted by atomic mass is 9.95. The number of aryl methyl sites for hydroxylation is 2. The summed E-state index contributed by atoms with van der Waals surface area (Å²) >= 11 is 0. The molecule has 0 spiro atoms. The number of hydrogen-bond acceptors (Lipinski definition) is 3. The number of carbonyl (C=O) groups is 1. The maximum Gasteiger partial charge on any atom is 0.519 e. The van der Waals surface area contributed by atoms with E-state index in [4.69, 9.17) is 9.47 Å². The summed E-state index contributed by atoms with van der Waals surface area (Å²) in [5.74, 6) is 1.18.